The van der Waals surface area contributed by atoms with Crippen LogP contribution < -0.4 is 5.32 Å². The molecule has 18 heavy (non-hydrogen) atoms. The minimum Gasteiger partial charge on any atom is -0.298 e. The Morgan fingerprint density at radius 3 is 2.56 bits per heavy atom. The van der Waals surface area contributed by atoms with E-state index in [1.54, 1.807) is 0 Å². The largest absolute Gasteiger partial charge is 0.298 e. The van der Waals surface area contributed by atoms with Crippen molar-refractivity contribution in [2.75, 3.05) is 32.7 Å². The van der Waals surface area contributed by atoms with Crippen LogP contribution in [0.1, 0.15) is 34.6 Å². The fourth-order valence-corrected chi connectivity index (χ4v) is 2.88. The highest BCUT2D eigenvalue weighted by atomic mass is 15.3. The van der Waals surface area contributed by atoms with E-state index in [9.17, 15) is 5.26 Å². The molecule has 4 heteroatoms. The van der Waals surface area contributed by atoms with Crippen molar-refractivity contribution in [1.82, 2.24) is 15.1 Å². The highest BCUT2D eigenvalue weighted by Crippen LogP contribution is 2.13. The molecule has 1 fully saturated rings. The minimum absolute atomic E-state index is 0.337. The van der Waals surface area contributed by atoms with Gasteiger partial charge in [-0.15, -0.1) is 0 Å². The second-order valence-electron chi connectivity index (χ2n) is 5.96. The summed E-state index contributed by atoms with van der Waals surface area (Å²) in [5.41, 5.74) is -0.442. The molecule has 1 aliphatic heterocycles. The number of nitrogens with zero attached hydrogens (tertiary/aromatic N) is 3. The van der Waals surface area contributed by atoms with Crippen molar-refractivity contribution in [2.24, 2.45) is 0 Å². The zero-order chi connectivity index (χ0) is 13.8. The average Bonchev–Trinajstić information content (AvgIpc) is 2.28. The van der Waals surface area contributed by atoms with E-state index in [0.717, 1.165) is 32.7 Å². The third-order valence-electron chi connectivity index (χ3n) is 3.65. The summed E-state index contributed by atoms with van der Waals surface area (Å²) in [6.45, 7) is 15.8. The third kappa shape index (κ3) is 4.24. The lowest BCUT2D eigenvalue weighted by molar-refractivity contribution is 0.0747. The number of rotatable bonds is 5. The van der Waals surface area contributed by atoms with E-state index in [-0.39, 0.29) is 0 Å². The molecule has 1 heterocycles. The van der Waals surface area contributed by atoms with Gasteiger partial charge in [-0.25, -0.2) is 0 Å². The molecule has 2 unspecified atom stereocenters. The highest BCUT2D eigenvalue weighted by Gasteiger charge is 2.30. The van der Waals surface area contributed by atoms with Crippen molar-refractivity contribution in [3.8, 4) is 6.07 Å². The van der Waals surface area contributed by atoms with Crippen LogP contribution in [0.25, 0.3) is 0 Å². The summed E-state index contributed by atoms with van der Waals surface area (Å²) in [5, 5.41) is 12.8. The first-order chi connectivity index (χ1) is 8.40. The van der Waals surface area contributed by atoms with Crippen molar-refractivity contribution in [2.45, 2.75) is 52.2 Å². The fourth-order valence-electron chi connectivity index (χ4n) is 2.88. The Morgan fingerprint density at radius 2 is 2.11 bits per heavy atom. The molecule has 0 aromatic heterocycles. The maximum Gasteiger partial charge on any atom is 0.116 e. The number of piperazine rings is 1. The van der Waals surface area contributed by atoms with Crippen molar-refractivity contribution in [1.29, 1.82) is 5.26 Å². The summed E-state index contributed by atoms with van der Waals surface area (Å²) < 4.78 is 0. The predicted molar refractivity (Wildman–Crippen MR) is 75.4 cm³/mol. The van der Waals surface area contributed by atoms with E-state index >= 15 is 0 Å². The van der Waals surface area contributed by atoms with E-state index in [1.165, 1.54) is 0 Å². The molecule has 1 rings (SSSR count). The molecule has 1 saturated heterocycles. The van der Waals surface area contributed by atoms with Gasteiger partial charge in [0, 0.05) is 38.3 Å². The summed E-state index contributed by atoms with van der Waals surface area (Å²) in [4.78, 5) is 4.91. The average molecular weight is 252 g/mol. The van der Waals surface area contributed by atoms with E-state index < -0.39 is 5.54 Å². The smallest absolute Gasteiger partial charge is 0.116 e. The van der Waals surface area contributed by atoms with Gasteiger partial charge in [-0.3, -0.25) is 15.1 Å². The van der Waals surface area contributed by atoms with Crippen LogP contribution in [0.3, 0.4) is 0 Å². The van der Waals surface area contributed by atoms with Crippen molar-refractivity contribution >= 4 is 0 Å². The van der Waals surface area contributed by atoms with Crippen molar-refractivity contribution in [3.05, 3.63) is 0 Å². The molecule has 2 atom stereocenters. The summed E-state index contributed by atoms with van der Waals surface area (Å²) >= 11 is 0. The van der Waals surface area contributed by atoms with Gasteiger partial charge in [-0.05, 0) is 34.2 Å². The standard InChI is InChI=1S/C14H28N4/c1-6-18-8-7-17(9-13(18)4)11-14(5,10-15)16-12(2)3/h12-13,16H,6-9,11H2,1-5H3. The second-order valence-corrected chi connectivity index (χ2v) is 5.96. The Bertz CT molecular complexity index is 297. The summed E-state index contributed by atoms with van der Waals surface area (Å²) in [7, 11) is 0. The van der Waals surface area contributed by atoms with Gasteiger partial charge in [-0.2, -0.15) is 5.26 Å². The third-order valence-corrected chi connectivity index (χ3v) is 3.65. The normalized spacial score (nSPS) is 25.9. The van der Waals surface area contributed by atoms with E-state index in [0.29, 0.717) is 12.1 Å². The lowest BCUT2D eigenvalue weighted by atomic mass is 10.0. The summed E-state index contributed by atoms with van der Waals surface area (Å²) in [5.74, 6) is 0. The maximum atomic E-state index is 9.38. The quantitative estimate of drug-likeness (QED) is 0.801. The first-order valence-electron chi connectivity index (χ1n) is 7.05. The summed E-state index contributed by atoms with van der Waals surface area (Å²) in [6.07, 6.45) is 0. The Kier molecular flexibility index (Phi) is 5.58. The van der Waals surface area contributed by atoms with Crippen molar-refractivity contribution < 1.29 is 0 Å². The Labute approximate surface area is 112 Å². The van der Waals surface area contributed by atoms with Gasteiger partial charge in [0.15, 0.2) is 0 Å². The lowest BCUT2D eigenvalue weighted by Gasteiger charge is -2.42. The van der Waals surface area contributed by atoms with E-state index in [1.807, 2.05) is 6.92 Å². The van der Waals surface area contributed by atoms with Crippen LogP contribution in [0.4, 0.5) is 0 Å². The number of hydrogen-bond acceptors (Lipinski definition) is 4. The van der Waals surface area contributed by atoms with Crippen LogP contribution in [0.15, 0.2) is 0 Å². The van der Waals surface area contributed by atoms with Gasteiger partial charge in [0.05, 0.1) is 6.07 Å². The molecule has 0 aromatic rings. The molecular formula is C14H28N4. The zero-order valence-corrected chi connectivity index (χ0v) is 12.5. The Balaban J connectivity index is 2.54. The van der Waals surface area contributed by atoms with E-state index in [2.05, 4.69) is 48.9 Å². The first kappa shape index (κ1) is 15.4. The molecule has 0 spiro atoms. The highest BCUT2D eigenvalue weighted by molar-refractivity contribution is 5.07. The second kappa shape index (κ2) is 6.51. The molecule has 4 nitrogen and oxygen atoms in total. The van der Waals surface area contributed by atoms with Crippen LogP contribution in [0, 0.1) is 11.3 Å². The number of hydrogen-bond donors (Lipinski definition) is 1. The Hall–Kier alpha value is -0.630. The molecule has 0 bridgehead atoms. The minimum atomic E-state index is -0.442. The van der Waals surface area contributed by atoms with Crippen LogP contribution in [-0.4, -0.2) is 60.1 Å². The lowest BCUT2D eigenvalue weighted by Crippen LogP contribution is -2.58. The SMILES string of the molecule is CCN1CCN(CC(C)(C#N)NC(C)C)CC1C. The zero-order valence-electron chi connectivity index (χ0n) is 12.5. The molecule has 0 amide bonds. The predicted octanol–water partition coefficient (Wildman–Crippen LogP) is 1.29. The molecule has 0 aromatic carbocycles. The molecule has 1 aliphatic rings. The van der Waals surface area contributed by atoms with Gasteiger partial charge in [0.25, 0.3) is 0 Å². The molecule has 0 aliphatic carbocycles. The number of nitriles is 1. The first-order valence-corrected chi connectivity index (χ1v) is 7.05. The Morgan fingerprint density at radius 1 is 1.44 bits per heavy atom. The van der Waals surface area contributed by atoms with Crippen LogP contribution in [-0.2, 0) is 0 Å². The molecule has 0 radical (unpaired) electrons. The molecule has 104 valence electrons. The number of nitrogens with one attached hydrogen (secondary N) is 1. The van der Waals surface area contributed by atoms with Crippen molar-refractivity contribution in [3.63, 3.8) is 0 Å². The summed E-state index contributed by atoms with van der Waals surface area (Å²) in [6, 6.07) is 3.36. The van der Waals surface area contributed by atoms with E-state index in [4.69, 9.17) is 0 Å². The van der Waals surface area contributed by atoms with Gasteiger partial charge in [0.1, 0.15) is 5.54 Å². The van der Waals surface area contributed by atoms with Gasteiger partial charge in [0.2, 0.25) is 0 Å². The van der Waals surface area contributed by atoms with Gasteiger partial charge < -0.3 is 0 Å². The molecule has 0 saturated carbocycles. The van der Waals surface area contributed by atoms with Gasteiger partial charge >= 0.3 is 0 Å². The fraction of sp³-hybridized carbons (Fsp3) is 0.929. The maximum absolute atomic E-state index is 9.38. The van der Waals surface area contributed by atoms with Crippen LogP contribution in [0.2, 0.25) is 0 Å². The van der Waals surface area contributed by atoms with Crippen LogP contribution in [0.5, 0.6) is 0 Å². The number of likely N-dealkylation sites (N-methyl/N-ethyl adjacent to an activating group) is 1. The monoisotopic (exact) mass is 252 g/mol. The molecule has 1 N–H and O–H groups in total. The van der Waals surface area contributed by atoms with Gasteiger partial charge in [-0.1, -0.05) is 6.92 Å². The topological polar surface area (TPSA) is 42.3 Å². The molecular weight excluding hydrogens is 224 g/mol. The van der Waals surface area contributed by atoms with Crippen LogP contribution >= 0.6 is 0 Å².